The summed E-state index contributed by atoms with van der Waals surface area (Å²) < 4.78 is 5.14. The number of hydrogen-bond acceptors (Lipinski definition) is 3. The molecule has 0 atom stereocenters. The fourth-order valence-corrected chi connectivity index (χ4v) is 2.08. The number of ketones is 1. The number of nitrogens with two attached hydrogens (primary N) is 1. The second-order valence-electron chi connectivity index (χ2n) is 4.60. The lowest BCUT2D eigenvalue weighted by atomic mass is 9.97. The van der Waals surface area contributed by atoms with Crippen molar-refractivity contribution in [2.75, 3.05) is 12.8 Å². The molecule has 0 aliphatic heterocycles. The van der Waals surface area contributed by atoms with Gasteiger partial charge in [0.25, 0.3) is 0 Å². The normalized spacial score (nSPS) is 10.3. The van der Waals surface area contributed by atoms with Crippen LogP contribution in [0.4, 0.5) is 5.69 Å². The van der Waals surface area contributed by atoms with E-state index < -0.39 is 0 Å². The highest BCUT2D eigenvalue weighted by Gasteiger charge is 2.13. The number of carbonyl (C=O) groups is 1. The van der Waals surface area contributed by atoms with Crippen LogP contribution in [0.25, 0.3) is 0 Å². The van der Waals surface area contributed by atoms with Gasteiger partial charge in [0, 0.05) is 11.1 Å². The predicted molar refractivity (Wildman–Crippen MR) is 76.8 cm³/mol. The Morgan fingerprint density at radius 1 is 1.11 bits per heavy atom. The molecule has 0 bridgehead atoms. The summed E-state index contributed by atoms with van der Waals surface area (Å²) in [6, 6.07) is 10.9. The number of carbonyl (C=O) groups excluding carboxylic acids is 1. The van der Waals surface area contributed by atoms with E-state index in [-0.39, 0.29) is 5.78 Å². The van der Waals surface area contributed by atoms with E-state index in [1.807, 2.05) is 32.0 Å². The summed E-state index contributed by atoms with van der Waals surface area (Å²) in [7, 11) is 1.54. The topological polar surface area (TPSA) is 52.3 Å². The molecule has 0 saturated heterocycles. The van der Waals surface area contributed by atoms with Gasteiger partial charge in [-0.3, -0.25) is 4.79 Å². The van der Waals surface area contributed by atoms with Crippen molar-refractivity contribution >= 4 is 11.5 Å². The van der Waals surface area contributed by atoms with Gasteiger partial charge in [-0.2, -0.15) is 0 Å². The van der Waals surface area contributed by atoms with Crippen LogP contribution in [-0.4, -0.2) is 12.9 Å². The first-order valence-electron chi connectivity index (χ1n) is 6.08. The lowest BCUT2D eigenvalue weighted by Crippen LogP contribution is -2.05. The van der Waals surface area contributed by atoms with Gasteiger partial charge in [0.15, 0.2) is 5.78 Å². The summed E-state index contributed by atoms with van der Waals surface area (Å²) in [5.41, 5.74) is 9.68. The van der Waals surface area contributed by atoms with E-state index in [0.717, 1.165) is 11.1 Å². The van der Waals surface area contributed by atoms with Crippen LogP contribution in [-0.2, 0) is 0 Å². The van der Waals surface area contributed by atoms with Crippen LogP contribution in [0.2, 0.25) is 0 Å². The van der Waals surface area contributed by atoms with Crippen molar-refractivity contribution in [2.45, 2.75) is 13.8 Å². The molecule has 0 radical (unpaired) electrons. The number of rotatable bonds is 3. The highest BCUT2D eigenvalue weighted by molar-refractivity contribution is 6.10. The molecule has 98 valence electrons. The number of aryl methyl sites for hydroxylation is 2. The molecule has 2 rings (SSSR count). The number of ether oxygens (including phenoxy) is 1. The highest BCUT2D eigenvalue weighted by atomic mass is 16.5. The fraction of sp³-hybridized carbons (Fsp3) is 0.188. The third-order valence-corrected chi connectivity index (χ3v) is 3.12. The first kappa shape index (κ1) is 13.1. The van der Waals surface area contributed by atoms with E-state index in [2.05, 4.69) is 0 Å². The van der Waals surface area contributed by atoms with E-state index >= 15 is 0 Å². The Morgan fingerprint density at radius 3 is 2.47 bits per heavy atom. The molecule has 0 fully saturated rings. The average molecular weight is 255 g/mol. The van der Waals surface area contributed by atoms with Gasteiger partial charge in [0.1, 0.15) is 5.75 Å². The minimum atomic E-state index is -0.0178. The van der Waals surface area contributed by atoms with Crippen LogP contribution in [0.15, 0.2) is 36.4 Å². The number of hydrogen-bond donors (Lipinski definition) is 1. The number of anilines is 1. The Kier molecular flexibility index (Phi) is 3.56. The molecule has 19 heavy (non-hydrogen) atoms. The molecule has 0 saturated carbocycles. The lowest BCUT2D eigenvalue weighted by molar-refractivity contribution is 0.103. The maximum Gasteiger partial charge on any atom is 0.193 e. The standard InChI is InChI=1S/C16H17NO2/c1-10-4-6-13(11(2)8-10)16(18)12-5-7-14(17)15(9-12)19-3/h4-9H,17H2,1-3H3. The molecule has 0 aliphatic rings. The van der Waals surface area contributed by atoms with Crippen LogP contribution < -0.4 is 10.5 Å². The molecule has 0 heterocycles. The second kappa shape index (κ2) is 5.14. The van der Waals surface area contributed by atoms with E-state index in [0.29, 0.717) is 22.6 Å². The van der Waals surface area contributed by atoms with Crippen LogP contribution in [0.3, 0.4) is 0 Å². The summed E-state index contributed by atoms with van der Waals surface area (Å²) >= 11 is 0. The summed E-state index contributed by atoms with van der Waals surface area (Å²) in [6.07, 6.45) is 0. The maximum absolute atomic E-state index is 12.5. The first-order valence-corrected chi connectivity index (χ1v) is 6.08. The van der Waals surface area contributed by atoms with Crippen molar-refractivity contribution in [3.05, 3.63) is 58.7 Å². The van der Waals surface area contributed by atoms with E-state index in [1.54, 1.807) is 18.2 Å². The quantitative estimate of drug-likeness (QED) is 0.677. The largest absolute Gasteiger partial charge is 0.495 e. The van der Waals surface area contributed by atoms with E-state index in [1.165, 1.54) is 7.11 Å². The zero-order valence-electron chi connectivity index (χ0n) is 11.4. The van der Waals surface area contributed by atoms with Gasteiger partial charge in [-0.05, 0) is 37.6 Å². The third kappa shape index (κ3) is 2.60. The zero-order valence-corrected chi connectivity index (χ0v) is 11.4. The Balaban J connectivity index is 2.44. The van der Waals surface area contributed by atoms with Gasteiger partial charge in [-0.1, -0.05) is 23.8 Å². The van der Waals surface area contributed by atoms with Crippen molar-refractivity contribution in [1.82, 2.24) is 0 Å². The Morgan fingerprint density at radius 2 is 1.84 bits per heavy atom. The Hall–Kier alpha value is -2.29. The minimum absolute atomic E-state index is 0.0178. The lowest BCUT2D eigenvalue weighted by Gasteiger charge is -2.09. The molecule has 0 spiro atoms. The molecule has 2 aromatic carbocycles. The van der Waals surface area contributed by atoms with Crippen LogP contribution in [0.1, 0.15) is 27.0 Å². The fourth-order valence-electron chi connectivity index (χ4n) is 2.08. The zero-order chi connectivity index (χ0) is 14.0. The third-order valence-electron chi connectivity index (χ3n) is 3.12. The number of benzene rings is 2. The maximum atomic E-state index is 12.5. The van der Waals surface area contributed by atoms with Gasteiger partial charge >= 0.3 is 0 Å². The van der Waals surface area contributed by atoms with Gasteiger partial charge < -0.3 is 10.5 Å². The molecular weight excluding hydrogens is 238 g/mol. The van der Waals surface area contributed by atoms with Crippen LogP contribution in [0, 0.1) is 13.8 Å². The predicted octanol–water partition coefficient (Wildman–Crippen LogP) is 3.13. The molecule has 2 aromatic rings. The minimum Gasteiger partial charge on any atom is -0.495 e. The molecule has 3 heteroatoms. The molecular formula is C16H17NO2. The molecule has 0 amide bonds. The smallest absolute Gasteiger partial charge is 0.193 e. The van der Waals surface area contributed by atoms with Gasteiger partial charge in [0.2, 0.25) is 0 Å². The Bertz CT molecular complexity index is 633. The molecule has 3 nitrogen and oxygen atoms in total. The Labute approximate surface area is 113 Å². The summed E-state index contributed by atoms with van der Waals surface area (Å²) in [5, 5.41) is 0. The average Bonchev–Trinajstić information content (AvgIpc) is 2.38. The van der Waals surface area contributed by atoms with Gasteiger partial charge in [-0.25, -0.2) is 0 Å². The van der Waals surface area contributed by atoms with Gasteiger partial charge in [-0.15, -0.1) is 0 Å². The van der Waals surface area contributed by atoms with Crippen molar-refractivity contribution in [3.8, 4) is 5.75 Å². The summed E-state index contributed by atoms with van der Waals surface area (Å²) in [5.74, 6) is 0.506. The van der Waals surface area contributed by atoms with Crippen molar-refractivity contribution < 1.29 is 9.53 Å². The highest BCUT2D eigenvalue weighted by Crippen LogP contribution is 2.24. The SMILES string of the molecule is COc1cc(C(=O)c2ccc(C)cc2C)ccc1N. The van der Waals surface area contributed by atoms with Crippen LogP contribution in [0.5, 0.6) is 5.75 Å². The summed E-state index contributed by atoms with van der Waals surface area (Å²) in [6.45, 7) is 3.95. The number of methoxy groups -OCH3 is 1. The first-order chi connectivity index (χ1) is 9.02. The van der Waals surface area contributed by atoms with Gasteiger partial charge in [0.05, 0.1) is 12.8 Å². The molecule has 0 aliphatic carbocycles. The van der Waals surface area contributed by atoms with E-state index in [4.69, 9.17) is 10.5 Å². The molecule has 0 unspecified atom stereocenters. The van der Waals surface area contributed by atoms with Crippen molar-refractivity contribution in [2.24, 2.45) is 0 Å². The monoisotopic (exact) mass is 255 g/mol. The second-order valence-corrected chi connectivity index (χ2v) is 4.60. The van der Waals surface area contributed by atoms with Crippen LogP contribution >= 0.6 is 0 Å². The van der Waals surface area contributed by atoms with Crippen molar-refractivity contribution in [1.29, 1.82) is 0 Å². The molecule has 0 aromatic heterocycles. The summed E-state index contributed by atoms with van der Waals surface area (Å²) in [4.78, 5) is 12.5. The van der Waals surface area contributed by atoms with Crippen molar-refractivity contribution in [3.63, 3.8) is 0 Å². The van der Waals surface area contributed by atoms with E-state index in [9.17, 15) is 4.79 Å². The number of nitrogen functional groups attached to an aromatic ring is 1. The molecule has 2 N–H and O–H groups in total.